The molecule has 0 unspecified atom stereocenters. The van der Waals surface area contributed by atoms with Gasteiger partial charge in [0, 0.05) is 25.5 Å². The van der Waals surface area contributed by atoms with Crippen LogP contribution in [0.1, 0.15) is 26.7 Å². The number of fused-ring (bicyclic) bond motifs is 1. The Kier molecular flexibility index (Phi) is 2.83. The van der Waals surface area contributed by atoms with Crippen molar-refractivity contribution < 1.29 is 9.53 Å². The monoisotopic (exact) mass is 209 g/mol. The number of amides is 1. The number of rotatable bonds is 2. The quantitative estimate of drug-likeness (QED) is 0.649. The summed E-state index contributed by atoms with van der Waals surface area (Å²) in [5.74, 6) is 0.786. The minimum Gasteiger partial charge on any atom is -0.358 e. The van der Waals surface area contributed by atoms with Gasteiger partial charge in [-0.15, -0.1) is 0 Å². The lowest BCUT2D eigenvalue weighted by Crippen LogP contribution is -2.34. The highest BCUT2D eigenvalue weighted by atomic mass is 16.5. The topological polar surface area (TPSA) is 29.5 Å². The summed E-state index contributed by atoms with van der Waals surface area (Å²) < 4.78 is 5.67. The molecule has 1 fully saturated rings. The van der Waals surface area contributed by atoms with Crippen LogP contribution in [-0.2, 0) is 9.53 Å². The zero-order valence-electron chi connectivity index (χ0n) is 9.69. The summed E-state index contributed by atoms with van der Waals surface area (Å²) in [5, 5.41) is 0. The number of carbonyl (C=O) groups excluding carboxylic acids is 1. The van der Waals surface area contributed by atoms with E-state index in [4.69, 9.17) is 4.74 Å². The molecule has 0 saturated carbocycles. The first-order valence-corrected chi connectivity index (χ1v) is 5.69. The van der Waals surface area contributed by atoms with Gasteiger partial charge in [-0.25, -0.2) is 0 Å². The lowest BCUT2D eigenvalue weighted by Gasteiger charge is -2.26. The zero-order chi connectivity index (χ0) is 11.0. The van der Waals surface area contributed by atoms with Crippen molar-refractivity contribution in [2.75, 3.05) is 13.7 Å². The normalized spacial score (nSPS) is 35.4. The van der Waals surface area contributed by atoms with Gasteiger partial charge in [-0.2, -0.15) is 0 Å². The van der Waals surface area contributed by atoms with Crippen molar-refractivity contribution in [3.05, 3.63) is 11.6 Å². The third-order valence-electron chi connectivity index (χ3n) is 3.55. The van der Waals surface area contributed by atoms with E-state index in [0.717, 1.165) is 12.8 Å². The Hall–Kier alpha value is -0.830. The SMILES string of the molecule is CCO[C@H]1[C@H]2CC=C(C)C[C@H]2C(=O)N1C. The lowest BCUT2D eigenvalue weighted by molar-refractivity contribution is -0.136. The van der Waals surface area contributed by atoms with Crippen molar-refractivity contribution in [2.45, 2.75) is 32.9 Å². The van der Waals surface area contributed by atoms with Gasteiger partial charge in [-0.05, 0) is 26.7 Å². The van der Waals surface area contributed by atoms with Gasteiger partial charge in [0.05, 0.1) is 0 Å². The fourth-order valence-corrected chi connectivity index (χ4v) is 2.75. The fourth-order valence-electron chi connectivity index (χ4n) is 2.75. The van der Waals surface area contributed by atoms with E-state index in [-0.39, 0.29) is 18.1 Å². The highest BCUT2D eigenvalue weighted by Crippen LogP contribution is 2.40. The Balaban J connectivity index is 2.19. The van der Waals surface area contributed by atoms with Crippen molar-refractivity contribution in [1.82, 2.24) is 4.90 Å². The lowest BCUT2D eigenvalue weighted by atomic mass is 9.81. The number of nitrogens with zero attached hydrogens (tertiary/aromatic N) is 1. The number of allylic oxidation sites excluding steroid dienone is 2. The van der Waals surface area contributed by atoms with Crippen LogP contribution in [0.2, 0.25) is 0 Å². The van der Waals surface area contributed by atoms with Gasteiger partial charge in [-0.1, -0.05) is 11.6 Å². The second-order valence-corrected chi connectivity index (χ2v) is 4.56. The molecule has 0 spiro atoms. The molecule has 0 aromatic rings. The van der Waals surface area contributed by atoms with Crippen LogP contribution in [-0.4, -0.2) is 30.7 Å². The zero-order valence-corrected chi connectivity index (χ0v) is 9.69. The molecule has 1 saturated heterocycles. The number of ether oxygens (including phenoxy) is 1. The molecule has 84 valence electrons. The number of carbonyl (C=O) groups is 1. The summed E-state index contributed by atoms with van der Waals surface area (Å²) in [5.41, 5.74) is 1.34. The molecule has 15 heavy (non-hydrogen) atoms. The van der Waals surface area contributed by atoms with Crippen molar-refractivity contribution in [1.29, 1.82) is 0 Å². The van der Waals surface area contributed by atoms with Crippen molar-refractivity contribution in [3.63, 3.8) is 0 Å². The van der Waals surface area contributed by atoms with Gasteiger partial charge in [0.25, 0.3) is 0 Å². The molecule has 1 aliphatic heterocycles. The van der Waals surface area contributed by atoms with Gasteiger partial charge in [0.15, 0.2) is 0 Å². The molecule has 3 heteroatoms. The first-order chi connectivity index (χ1) is 7.15. The van der Waals surface area contributed by atoms with Crippen molar-refractivity contribution in [2.24, 2.45) is 11.8 Å². The summed E-state index contributed by atoms with van der Waals surface area (Å²) in [6.07, 6.45) is 4.14. The van der Waals surface area contributed by atoms with Gasteiger partial charge < -0.3 is 9.64 Å². The molecule has 1 aliphatic carbocycles. The molecule has 0 aromatic carbocycles. The predicted octanol–water partition coefficient (Wildman–Crippen LogP) is 1.79. The van der Waals surface area contributed by atoms with Gasteiger partial charge in [-0.3, -0.25) is 4.79 Å². The third kappa shape index (κ3) is 1.69. The molecular formula is C12H19NO2. The van der Waals surface area contributed by atoms with E-state index in [1.807, 2.05) is 14.0 Å². The minimum absolute atomic E-state index is 0.00292. The fraction of sp³-hybridized carbons (Fsp3) is 0.750. The molecule has 0 bridgehead atoms. The first-order valence-electron chi connectivity index (χ1n) is 5.69. The highest BCUT2D eigenvalue weighted by Gasteiger charge is 2.47. The molecule has 3 atom stereocenters. The molecule has 1 heterocycles. The van der Waals surface area contributed by atoms with Crippen LogP contribution in [0.3, 0.4) is 0 Å². The maximum atomic E-state index is 12.0. The Morgan fingerprint density at radius 2 is 2.33 bits per heavy atom. The standard InChI is InChI=1S/C12H19NO2/c1-4-15-12-9-6-5-8(2)7-10(9)11(14)13(12)3/h5,9-10,12H,4,6-7H2,1-3H3/t9-,10+,12-/m0/s1. The number of hydrogen-bond acceptors (Lipinski definition) is 2. The van der Waals surface area contributed by atoms with Crippen LogP contribution in [0, 0.1) is 11.8 Å². The molecule has 2 rings (SSSR count). The maximum absolute atomic E-state index is 12.0. The van der Waals surface area contributed by atoms with Crippen molar-refractivity contribution >= 4 is 5.91 Å². The summed E-state index contributed by atoms with van der Waals surface area (Å²) in [7, 11) is 1.86. The average molecular weight is 209 g/mol. The van der Waals surface area contributed by atoms with Crippen LogP contribution in [0.5, 0.6) is 0 Å². The van der Waals surface area contributed by atoms with E-state index in [0.29, 0.717) is 12.5 Å². The van der Waals surface area contributed by atoms with E-state index in [2.05, 4.69) is 13.0 Å². The molecule has 0 radical (unpaired) electrons. The summed E-state index contributed by atoms with van der Waals surface area (Å²) in [4.78, 5) is 13.8. The van der Waals surface area contributed by atoms with E-state index in [1.54, 1.807) is 4.90 Å². The highest BCUT2D eigenvalue weighted by molar-refractivity contribution is 5.82. The van der Waals surface area contributed by atoms with Crippen LogP contribution < -0.4 is 0 Å². The molecule has 2 aliphatic rings. The van der Waals surface area contributed by atoms with E-state index >= 15 is 0 Å². The minimum atomic E-state index is -0.00292. The molecule has 3 nitrogen and oxygen atoms in total. The molecule has 1 amide bonds. The van der Waals surface area contributed by atoms with E-state index in [1.165, 1.54) is 5.57 Å². The maximum Gasteiger partial charge on any atom is 0.228 e. The van der Waals surface area contributed by atoms with Crippen LogP contribution >= 0.6 is 0 Å². The average Bonchev–Trinajstić information content (AvgIpc) is 2.44. The van der Waals surface area contributed by atoms with Gasteiger partial charge in [0.2, 0.25) is 5.91 Å². The Bertz CT molecular complexity index is 298. The van der Waals surface area contributed by atoms with Gasteiger partial charge in [0.1, 0.15) is 6.23 Å². The summed E-state index contributed by atoms with van der Waals surface area (Å²) in [6.45, 7) is 4.77. The van der Waals surface area contributed by atoms with Crippen LogP contribution in [0.4, 0.5) is 0 Å². The third-order valence-corrected chi connectivity index (χ3v) is 3.55. The largest absolute Gasteiger partial charge is 0.358 e. The Morgan fingerprint density at radius 3 is 3.00 bits per heavy atom. The smallest absolute Gasteiger partial charge is 0.228 e. The van der Waals surface area contributed by atoms with E-state index < -0.39 is 0 Å². The Labute approximate surface area is 91.1 Å². The first kappa shape index (κ1) is 10.7. The molecule has 0 N–H and O–H groups in total. The summed E-state index contributed by atoms with van der Waals surface area (Å²) in [6, 6.07) is 0. The second kappa shape index (κ2) is 3.97. The van der Waals surface area contributed by atoms with Crippen molar-refractivity contribution in [3.8, 4) is 0 Å². The Morgan fingerprint density at radius 1 is 1.60 bits per heavy atom. The number of likely N-dealkylation sites (tertiary alicyclic amines) is 1. The molecule has 0 aromatic heterocycles. The molecular weight excluding hydrogens is 190 g/mol. The van der Waals surface area contributed by atoms with Crippen LogP contribution in [0.25, 0.3) is 0 Å². The number of hydrogen-bond donors (Lipinski definition) is 0. The van der Waals surface area contributed by atoms with E-state index in [9.17, 15) is 4.79 Å². The van der Waals surface area contributed by atoms with Crippen LogP contribution in [0.15, 0.2) is 11.6 Å². The second-order valence-electron chi connectivity index (χ2n) is 4.56. The summed E-state index contributed by atoms with van der Waals surface area (Å²) >= 11 is 0. The predicted molar refractivity (Wildman–Crippen MR) is 58.2 cm³/mol. The van der Waals surface area contributed by atoms with Gasteiger partial charge >= 0.3 is 0 Å².